The van der Waals surface area contributed by atoms with E-state index in [4.69, 9.17) is 5.73 Å². The lowest BCUT2D eigenvalue weighted by molar-refractivity contribution is -0.387. The summed E-state index contributed by atoms with van der Waals surface area (Å²) in [7, 11) is -3.81. The molecule has 0 amide bonds. The molecule has 49 heavy (non-hydrogen) atoms. The SMILES string of the molecule is C[Si](C)(C)c1cc(F)c(N)cc1F.C[Si](C)(C)c1cc(F)c([N+](=O)[O-])cc1F.Fc1ccc(F)c(Br)c1.O=[N+]([O-])c1cc(F)c(Br)cc1F. The lowest BCUT2D eigenvalue weighted by Gasteiger charge is -2.17. The highest BCUT2D eigenvalue weighted by Crippen LogP contribution is 2.24. The fraction of sp³-hybridized carbons (Fsp3) is 0.200. The molecule has 0 aliphatic carbocycles. The van der Waals surface area contributed by atoms with Crippen molar-refractivity contribution in [3.63, 3.8) is 0 Å². The Morgan fingerprint density at radius 1 is 0.531 bits per heavy atom. The van der Waals surface area contributed by atoms with Crippen LogP contribution in [0.2, 0.25) is 39.3 Å². The van der Waals surface area contributed by atoms with E-state index in [0.717, 1.165) is 30.3 Å². The summed E-state index contributed by atoms with van der Waals surface area (Å²) in [6.07, 6.45) is 0. The second-order valence-corrected chi connectivity index (χ2v) is 23.7. The minimum Gasteiger partial charge on any atom is -0.396 e. The zero-order valence-corrected chi connectivity index (χ0v) is 31.8. The fourth-order valence-corrected chi connectivity index (χ4v) is 6.87. The Labute approximate surface area is 294 Å². The second-order valence-electron chi connectivity index (χ2n) is 11.9. The topological polar surface area (TPSA) is 112 Å². The standard InChI is InChI=1S/C9H11F2NO2Si.C9H13F2NSi.C6H2BrF2NO2.C6H3BrF2/c1-15(2,3)9-5-6(10)8(12(13)14)4-7(9)11;1-13(2,3)9-5-6(10)8(12)4-7(9)11;7-3-1-5(9)6(10(11)12)2-4(3)8;7-5-3-4(8)1-2-6(5)9/h4-5H,1-3H3;4-5H,12H2,1-3H3;1-2H;1-3H. The molecule has 0 saturated heterocycles. The van der Waals surface area contributed by atoms with Gasteiger partial charge in [-0.25, -0.2) is 26.3 Å². The lowest BCUT2D eigenvalue weighted by atomic mass is 10.3. The van der Waals surface area contributed by atoms with Crippen molar-refractivity contribution in [1.82, 2.24) is 0 Å². The molecule has 0 saturated carbocycles. The maximum absolute atomic E-state index is 13.5. The van der Waals surface area contributed by atoms with Gasteiger partial charge in [0.1, 0.15) is 34.9 Å². The van der Waals surface area contributed by atoms with Crippen LogP contribution in [0.4, 0.5) is 52.2 Å². The minimum absolute atomic E-state index is 0.125. The van der Waals surface area contributed by atoms with Crippen molar-refractivity contribution in [3.05, 3.63) is 130 Å². The maximum Gasteiger partial charge on any atom is 0.307 e. The first-order chi connectivity index (χ1) is 22.3. The van der Waals surface area contributed by atoms with Gasteiger partial charge in [-0.15, -0.1) is 0 Å². The first kappa shape index (κ1) is 43.3. The molecule has 0 aliphatic rings. The third-order valence-electron chi connectivity index (χ3n) is 6.00. The summed E-state index contributed by atoms with van der Waals surface area (Å²) >= 11 is 5.52. The molecular weight excluding hydrogens is 834 g/mol. The van der Waals surface area contributed by atoms with Crippen LogP contribution < -0.4 is 16.1 Å². The molecule has 0 aromatic heterocycles. The molecule has 0 heterocycles. The molecule has 0 unspecified atom stereocenters. The van der Waals surface area contributed by atoms with E-state index >= 15 is 0 Å². The predicted octanol–water partition coefficient (Wildman–Crippen LogP) is 9.87. The number of nitrogens with zero attached hydrogens (tertiary/aromatic N) is 2. The van der Waals surface area contributed by atoms with Crippen LogP contribution in [-0.4, -0.2) is 26.0 Å². The van der Waals surface area contributed by atoms with Gasteiger partial charge in [-0.1, -0.05) is 39.3 Å². The van der Waals surface area contributed by atoms with Crippen LogP contribution in [0.15, 0.2) is 63.5 Å². The van der Waals surface area contributed by atoms with Crippen molar-refractivity contribution >= 4 is 75.4 Å². The summed E-state index contributed by atoms with van der Waals surface area (Å²) in [5, 5.41) is 21.2. The van der Waals surface area contributed by atoms with E-state index < -0.39 is 83.9 Å². The Bertz CT molecular complexity index is 1840. The van der Waals surface area contributed by atoms with Gasteiger partial charge in [0.05, 0.1) is 52.8 Å². The predicted molar refractivity (Wildman–Crippen MR) is 185 cm³/mol. The summed E-state index contributed by atoms with van der Waals surface area (Å²) in [6, 6.07) is 8.34. The number of nitrogen functional groups attached to an aromatic ring is 1. The average Bonchev–Trinajstić information content (AvgIpc) is 2.95. The van der Waals surface area contributed by atoms with Gasteiger partial charge in [0.25, 0.3) is 0 Å². The Morgan fingerprint density at radius 3 is 1.33 bits per heavy atom. The largest absolute Gasteiger partial charge is 0.396 e. The number of hydrogen-bond donors (Lipinski definition) is 1. The molecule has 2 N–H and O–H groups in total. The number of benzene rings is 4. The summed E-state index contributed by atoms with van der Waals surface area (Å²) in [6.45, 7) is 11.4. The van der Waals surface area contributed by atoms with Crippen molar-refractivity contribution in [1.29, 1.82) is 0 Å². The van der Waals surface area contributed by atoms with Crippen LogP contribution in [0.1, 0.15) is 0 Å². The number of nitro benzene ring substituents is 2. The van der Waals surface area contributed by atoms with Gasteiger partial charge in [-0.2, -0.15) is 8.78 Å². The second kappa shape index (κ2) is 17.8. The zero-order chi connectivity index (χ0) is 38.2. The molecule has 7 nitrogen and oxygen atoms in total. The van der Waals surface area contributed by atoms with Gasteiger partial charge >= 0.3 is 11.4 Å². The zero-order valence-electron chi connectivity index (χ0n) is 26.6. The van der Waals surface area contributed by atoms with Crippen molar-refractivity contribution in [2.45, 2.75) is 39.3 Å². The van der Waals surface area contributed by atoms with Crippen LogP contribution in [-0.2, 0) is 0 Å². The van der Waals surface area contributed by atoms with Gasteiger partial charge in [0, 0.05) is 0 Å². The van der Waals surface area contributed by atoms with Gasteiger partial charge in [-0.05, 0) is 84.7 Å². The Morgan fingerprint density at radius 2 is 0.918 bits per heavy atom. The maximum atomic E-state index is 13.5. The average molecular weight is 864 g/mol. The minimum atomic E-state index is -2.00. The number of rotatable bonds is 4. The number of halogens is 10. The van der Waals surface area contributed by atoms with Crippen LogP contribution in [0, 0.1) is 66.8 Å². The molecule has 0 atom stereocenters. The Kier molecular flexibility index (Phi) is 15.8. The smallest absolute Gasteiger partial charge is 0.307 e. The van der Waals surface area contributed by atoms with E-state index in [-0.39, 0.29) is 19.8 Å². The fourth-order valence-electron chi connectivity index (χ4n) is 3.51. The molecular formula is C30H29Br2F8N3O4Si2. The van der Waals surface area contributed by atoms with Gasteiger partial charge in [-0.3, -0.25) is 20.2 Å². The van der Waals surface area contributed by atoms with E-state index in [9.17, 15) is 55.4 Å². The summed E-state index contributed by atoms with van der Waals surface area (Å²) < 4.78 is 103. The highest BCUT2D eigenvalue weighted by Gasteiger charge is 2.26. The summed E-state index contributed by atoms with van der Waals surface area (Å²) in [4.78, 5) is 18.5. The van der Waals surface area contributed by atoms with Crippen LogP contribution in [0.5, 0.6) is 0 Å². The third-order valence-corrected chi connectivity index (χ3v) is 11.2. The highest BCUT2D eigenvalue weighted by molar-refractivity contribution is 9.10. The van der Waals surface area contributed by atoms with Crippen molar-refractivity contribution < 1.29 is 45.0 Å². The Balaban J connectivity index is 0.000000331. The molecule has 4 aromatic carbocycles. The van der Waals surface area contributed by atoms with Crippen LogP contribution in [0.25, 0.3) is 0 Å². The van der Waals surface area contributed by atoms with Gasteiger partial charge < -0.3 is 5.73 Å². The number of anilines is 1. The van der Waals surface area contributed by atoms with E-state index in [2.05, 4.69) is 31.9 Å². The Hall–Kier alpha value is -3.69. The van der Waals surface area contributed by atoms with Gasteiger partial charge in [0.15, 0.2) is 0 Å². The molecule has 4 aromatic rings. The quantitative estimate of drug-likeness (QED) is 0.0549. The van der Waals surface area contributed by atoms with E-state index in [1.54, 1.807) is 0 Å². The van der Waals surface area contributed by atoms with Crippen molar-refractivity contribution in [2.75, 3.05) is 5.73 Å². The third kappa shape index (κ3) is 13.3. The molecule has 0 fully saturated rings. The van der Waals surface area contributed by atoms with E-state index in [1.807, 2.05) is 39.3 Å². The lowest BCUT2D eigenvalue weighted by Crippen LogP contribution is -2.40. The molecule has 0 aliphatic heterocycles. The molecule has 0 radical (unpaired) electrons. The first-order valence-corrected chi connectivity index (χ1v) is 22.1. The highest BCUT2D eigenvalue weighted by atomic mass is 79.9. The molecule has 266 valence electrons. The van der Waals surface area contributed by atoms with Crippen LogP contribution in [0.3, 0.4) is 0 Å². The summed E-state index contributed by atoms with van der Waals surface area (Å²) in [5.74, 6) is -5.39. The van der Waals surface area contributed by atoms with E-state index in [1.165, 1.54) is 6.07 Å². The van der Waals surface area contributed by atoms with E-state index in [0.29, 0.717) is 23.4 Å². The van der Waals surface area contributed by atoms with Crippen LogP contribution >= 0.6 is 31.9 Å². The molecule has 4 rings (SSSR count). The number of nitro groups is 2. The molecule has 19 heteroatoms. The van der Waals surface area contributed by atoms with Crippen molar-refractivity contribution in [3.8, 4) is 0 Å². The normalized spacial score (nSPS) is 10.9. The number of nitrogens with two attached hydrogens (primary N) is 1. The van der Waals surface area contributed by atoms with Crippen molar-refractivity contribution in [2.24, 2.45) is 0 Å². The van der Waals surface area contributed by atoms with Gasteiger partial charge in [0.2, 0.25) is 11.6 Å². The number of hydrogen-bond acceptors (Lipinski definition) is 5. The molecule has 0 spiro atoms. The first-order valence-electron chi connectivity index (χ1n) is 13.6. The molecule has 0 bridgehead atoms. The summed E-state index contributed by atoms with van der Waals surface area (Å²) in [5.41, 5.74) is 3.43. The monoisotopic (exact) mass is 861 g/mol.